The molecule has 0 bridgehead atoms. The maximum Gasteiger partial charge on any atom is 0.157 e. The topological polar surface area (TPSA) is 29.1 Å². The first-order valence-electron chi connectivity index (χ1n) is 4.61. The Morgan fingerprint density at radius 2 is 1.64 bits per heavy atom. The van der Waals surface area contributed by atoms with E-state index in [4.69, 9.17) is 0 Å². The van der Waals surface area contributed by atoms with Crippen molar-refractivity contribution in [1.82, 2.24) is 0 Å². The van der Waals surface area contributed by atoms with E-state index in [2.05, 4.69) is 5.32 Å². The van der Waals surface area contributed by atoms with Crippen molar-refractivity contribution < 1.29 is 4.79 Å². The first kappa shape index (κ1) is 10.5. The molecule has 0 saturated carbocycles. The molecule has 0 amide bonds. The molecule has 0 aromatic heterocycles. The van der Waals surface area contributed by atoms with Crippen LogP contribution in [0.25, 0.3) is 0 Å². The first-order valence-corrected chi connectivity index (χ1v) is 4.61. The van der Waals surface area contributed by atoms with E-state index in [-0.39, 0.29) is 5.78 Å². The van der Waals surface area contributed by atoms with Gasteiger partial charge in [0, 0.05) is 17.0 Å². The van der Waals surface area contributed by atoms with Crippen LogP contribution in [0.4, 0.5) is 5.69 Å². The molecule has 1 aromatic rings. The van der Waals surface area contributed by atoms with Crippen LogP contribution in [0, 0.1) is 0 Å². The molecule has 1 N–H and O–H groups in total. The first-order chi connectivity index (χ1) is 6.61. The average Bonchev–Trinajstić information content (AvgIpc) is 2.18. The molecular formula is C12H15NO. The van der Waals surface area contributed by atoms with Crippen molar-refractivity contribution in [1.29, 1.82) is 0 Å². The number of rotatable bonds is 3. The Balaban J connectivity index is 2.80. The Hall–Kier alpha value is -1.57. The molecule has 0 heterocycles. The molecular weight excluding hydrogens is 174 g/mol. The van der Waals surface area contributed by atoms with Crippen LogP contribution in [0.2, 0.25) is 0 Å². The van der Waals surface area contributed by atoms with Gasteiger partial charge in [-0.3, -0.25) is 4.79 Å². The Kier molecular flexibility index (Phi) is 3.46. The molecule has 0 fully saturated rings. The molecule has 2 heteroatoms. The zero-order valence-electron chi connectivity index (χ0n) is 8.79. The summed E-state index contributed by atoms with van der Waals surface area (Å²) in [7, 11) is 0. The molecule has 2 nitrogen and oxygen atoms in total. The number of anilines is 1. The molecule has 0 aliphatic carbocycles. The average molecular weight is 189 g/mol. The lowest BCUT2D eigenvalue weighted by Crippen LogP contribution is -2.03. The van der Waals surface area contributed by atoms with E-state index >= 15 is 0 Å². The van der Waals surface area contributed by atoms with Crippen LogP contribution < -0.4 is 5.32 Å². The molecule has 14 heavy (non-hydrogen) atoms. The van der Waals surface area contributed by atoms with Gasteiger partial charge in [-0.15, -0.1) is 0 Å². The monoisotopic (exact) mass is 189 g/mol. The number of carbonyl (C=O) groups is 1. The summed E-state index contributed by atoms with van der Waals surface area (Å²) in [4.78, 5) is 11.1. The fraction of sp³-hybridized carbons (Fsp3) is 0.250. The molecule has 0 aliphatic rings. The van der Waals surface area contributed by atoms with Gasteiger partial charge in [-0.1, -0.05) is 18.2 Å². The van der Waals surface area contributed by atoms with Crippen LogP contribution in [-0.2, 0) is 4.79 Å². The van der Waals surface area contributed by atoms with Gasteiger partial charge < -0.3 is 5.32 Å². The number of carbonyl (C=O) groups excluding carboxylic acids is 1. The van der Waals surface area contributed by atoms with Gasteiger partial charge in [0.2, 0.25) is 0 Å². The Morgan fingerprint density at radius 1 is 1.07 bits per heavy atom. The van der Waals surface area contributed by atoms with Crippen LogP contribution in [0.1, 0.15) is 20.8 Å². The zero-order chi connectivity index (χ0) is 10.6. The number of hydrogen-bond acceptors (Lipinski definition) is 2. The van der Waals surface area contributed by atoms with Crippen LogP contribution in [0.5, 0.6) is 0 Å². The summed E-state index contributed by atoms with van der Waals surface area (Å²) in [6.07, 6.45) is 0. The van der Waals surface area contributed by atoms with Gasteiger partial charge in [0.05, 0.1) is 0 Å². The highest BCUT2D eigenvalue weighted by Crippen LogP contribution is 2.11. The predicted octanol–water partition coefficient (Wildman–Crippen LogP) is 2.98. The summed E-state index contributed by atoms with van der Waals surface area (Å²) >= 11 is 0. The smallest absolute Gasteiger partial charge is 0.157 e. The third-order valence-corrected chi connectivity index (χ3v) is 2.20. The maximum absolute atomic E-state index is 11.1. The van der Waals surface area contributed by atoms with Crippen molar-refractivity contribution in [2.75, 3.05) is 5.32 Å². The van der Waals surface area contributed by atoms with Crippen molar-refractivity contribution in [3.05, 3.63) is 41.6 Å². The highest BCUT2D eigenvalue weighted by atomic mass is 16.1. The van der Waals surface area contributed by atoms with Gasteiger partial charge in [0.15, 0.2) is 5.78 Å². The molecule has 0 aliphatic heterocycles. The van der Waals surface area contributed by atoms with Crippen molar-refractivity contribution in [2.24, 2.45) is 0 Å². The molecule has 0 radical (unpaired) electrons. The van der Waals surface area contributed by atoms with Crippen molar-refractivity contribution in [3.63, 3.8) is 0 Å². The van der Waals surface area contributed by atoms with E-state index in [1.807, 2.05) is 44.2 Å². The highest BCUT2D eigenvalue weighted by Gasteiger charge is 2.01. The molecule has 1 aromatic carbocycles. The predicted molar refractivity (Wildman–Crippen MR) is 59.1 cm³/mol. The van der Waals surface area contributed by atoms with E-state index in [1.54, 1.807) is 6.92 Å². The second-order valence-electron chi connectivity index (χ2n) is 3.30. The lowest BCUT2D eigenvalue weighted by atomic mass is 10.1. The second kappa shape index (κ2) is 4.61. The summed E-state index contributed by atoms with van der Waals surface area (Å²) in [5.74, 6) is 0.103. The van der Waals surface area contributed by atoms with Crippen molar-refractivity contribution in [2.45, 2.75) is 20.8 Å². The normalized spacial score (nSPS) is 11.9. The van der Waals surface area contributed by atoms with Gasteiger partial charge in [0.1, 0.15) is 0 Å². The fourth-order valence-electron chi connectivity index (χ4n) is 1.10. The van der Waals surface area contributed by atoms with Gasteiger partial charge in [-0.2, -0.15) is 0 Å². The number of nitrogens with one attached hydrogen (secondary N) is 1. The molecule has 74 valence electrons. The van der Waals surface area contributed by atoms with Gasteiger partial charge in [-0.25, -0.2) is 0 Å². The van der Waals surface area contributed by atoms with E-state index in [9.17, 15) is 4.79 Å². The summed E-state index contributed by atoms with van der Waals surface area (Å²) in [6, 6.07) is 9.81. The lowest BCUT2D eigenvalue weighted by molar-refractivity contribution is -0.113. The van der Waals surface area contributed by atoms with E-state index in [0.29, 0.717) is 0 Å². The zero-order valence-corrected chi connectivity index (χ0v) is 8.79. The summed E-state index contributed by atoms with van der Waals surface area (Å²) in [6.45, 7) is 5.31. The van der Waals surface area contributed by atoms with Crippen LogP contribution in [0.3, 0.4) is 0 Å². The van der Waals surface area contributed by atoms with E-state index < -0.39 is 0 Å². The molecule has 0 atom stereocenters. The van der Waals surface area contributed by atoms with Crippen LogP contribution >= 0.6 is 0 Å². The van der Waals surface area contributed by atoms with Crippen molar-refractivity contribution >= 4 is 11.5 Å². The number of hydrogen-bond donors (Lipinski definition) is 1. The standard InChI is InChI=1S/C12H15NO/c1-9(11(3)14)10(2)13-12-7-5-4-6-8-12/h4-8,13H,1-3H3/b10-9+. The SMILES string of the molecule is CC(=O)/C(C)=C(\C)Nc1ccccc1. The molecule has 0 saturated heterocycles. The molecule has 0 spiro atoms. The lowest BCUT2D eigenvalue weighted by Gasteiger charge is -2.08. The van der Waals surface area contributed by atoms with Crippen LogP contribution in [-0.4, -0.2) is 5.78 Å². The van der Waals surface area contributed by atoms with E-state index in [0.717, 1.165) is 17.0 Å². The highest BCUT2D eigenvalue weighted by molar-refractivity contribution is 5.93. The number of para-hydroxylation sites is 1. The number of Topliss-reactive ketones (excluding diaryl/α,β-unsaturated/α-hetero) is 1. The van der Waals surface area contributed by atoms with Gasteiger partial charge >= 0.3 is 0 Å². The third-order valence-electron chi connectivity index (χ3n) is 2.20. The van der Waals surface area contributed by atoms with Gasteiger partial charge in [0.25, 0.3) is 0 Å². The third kappa shape index (κ3) is 2.73. The Bertz CT molecular complexity index is 352. The molecule has 0 unspecified atom stereocenters. The maximum atomic E-state index is 11.1. The quantitative estimate of drug-likeness (QED) is 0.740. The summed E-state index contributed by atoms with van der Waals surface area (Å²) in [5.41, 5.74) is 2.68. The summed E-state index contributed by atoms with van der Waals surface area (Å²) < 4.78 is 0. The number of ketones is 1. The number of allylic oxidation sites excluding steroid dienone is 2. The van der Waals surface area contributed by atoms with Gasteiger partial charge in [-0.05, 0) is 32.9 Å². The van der Waals surface area contributed by atoms with E-state index in [1.165, 1.54) is 0 Å². The fourth-order valence-corrected chi connectivity index (χ4v) is 1.10. The Labute approximate surface area is 84.6 Å². The Morgan fingerprint density at radius 3 is 2.14 bits per heavy atom. The van der Waals surface area contributed by atoms with Crippen molar-refractivity contribution in [3.8, 4) is 0 Å². The second-order valence-corrected chi connectivity index (χ2v) is 3.30. The minimum Gasteiger partial charge on any atom is -0.359 e. The minimum atomic E-state index is 0.103. The molecule has 1 rings (SSSR count). The summed E-state index contributed by atoms with van der Waals surface area (Å²) in [5, 5.41) is 3.18. The largest absolute Gasteiger partial charge is 0.359 e. The minimum absolute atomic E-state index is 0.103. The van der Waals surface area contributed by atoms with Crippen LogP contribution in [0.15, 0.2) is 41.6 Å². The number of benzene rings is 1.